The molecule has 0 saturated carbocycles. The van der Waals surface area contributed by atoms with Gasteiger partial charge in [0.2, 0.25) is 0 Å². The van der Waals surface area contributed by atoms with Crippen molar-refractivity contribution in [3.8, 4) is 11.5 Å². The van der Waals surface area contributed by atoms with Gasteiger partial charge in [-0.15, -0.1) is 0 Å². The van der Waals surface area contributed by atoms with E-state index in [2.05, 4.69) is 5.32 Å². The van der Waals surface area contributed by atoms with Crippen LogP contribution < -0.4 is 15.8 Å². The number of benzene rings is 2. The van der Waals surface area contributed by atoms with E-state index in [-0.39, 0.29) is 16.7 Å². The number of phenols is 1. The summed E-state index contributed by atoms with van der Waals surface area (Å²) in [5, 5.41) is 12.1. The van der Waals surface area contributed by atoms with E-state index >= 15 is 0 Å². The van der Waals surface area contributed by atoms with Crippen molar-refractivity contribution < 1.29 is 14.6 Å². The van der Waals surface area contributed by atoms with Crippen molar-refractivity contribution in [1.82, 2.24) is 0 Å². The van der Waals surface area contributed by atoms with Crippen molar-refractivity contribution in [2.45, 2.75) is 0 Å². The molecule has 5 nitrogen and oxygen atoms in total. The topological polar surface area (TPSA) is 84.6 Å². The van der Waals surface area contributed by atoms with E-state index in [0.717, 1.165) is 0 Å². The van der Waals surface area contributed by atoms with Crippen molar-refractivity contribution in [2.75, 3.05) is 18.2 Å². The molecule has 1 amide bonds. The fourth-order valence-corrected chi connectivity index (χ4v) is 1.82. The van der Waals surface area contributed by atoms with Gasteiger partial charge in [-0.25, -0.2) is 0 Å². The molecule has 2 rings (SSSR count). The molecule has 0 bridgehead atoms. The lowest BCUT2D eigenvalue weighted by Gasteiger charge is -2.09. The molecular formula is C14H13ClN2O3. The van der Waals surface area contributed by atoms with Gasteiger partial charge in [0.15, 0.2) is 0 Å². The van der Waals surface area contributed by atoms with Gasteiger partial charge < -0.3 is 20.9 Å². The van der Waals surface area contributed by atoms with Crippen molar-refractivity contribution in [3.05, 3.63) is 47.0 Å². The van der Waals surface area contributed by atoms with E-state index in [1.807, 2.05) is 0 Å². The van der Waals surface area contributed by atoms with E-state index in [4.69, 9.17) is 22.1 Å². The third kappa shape index (κ3) is 2.95. The lowest BCUT2D eigenvalue weighted by atomic mass is 10.1. The van der Waals surface area contributed by atoms with Crippen molar-refractivity contribution in [2.24, 2.45) is 0 Å². The first-order valence-electron chi connectivity index (χ1n) is 5.74. The molecule has 104 valence electrons. The molecule has 0 fully saturated rings. The zero-order valence-electron chi connectivity index (χ0n) is 10.7. The quantitative estimate of drug-likeness (QED) is 0.600. The van der Waals surface area contributed by atoms with Crippen LogP contribution in [-0.4, -0.2) is 18.1 Å². The van der Waals surface area contributed by atoms with E-state index in [9.17, 15) is 9.90 Å². The predicted octanol–water partition coefficient (Wildman–Crippen LogP) is 2.89. The number of hydrogen-bond acceptors (Lipinski definition) is 4. The molecule has 0 unspecified atom stereocenters. The Morgan fingerprint density at radius 3 is 2.70 bits per heavy atom. The van der Waals surface area contributed by atoms with Gasteiger partial charge in [0.1, 0.15) is 11.5 Å². The minimum atomic E-state index is -0.386. The lowest BCUT2D eigenvalue weighted by Crippen LogP contribution is -2.14. The normalized spacial score (nSPS) is 10.1. The fourth-order valence-electron chi connectivity index (χ4n) is 1.64. The summed E-state index contributed by atoms with van der Waals surface area (Å²) in [6.45, 7) is 0. The van der Waals surface area contributed by atoms with Gasteiger partial charge in [0.05, 0.1) is 17.7 Å². The first-order valence-corrected chi connectivity index (χ1v) is 6.12. The SMILES string of the molecule is COc1ccc(N)c(C(=O)Nc2ccc(O)c(Cl)c2)c1. The van der Waals surface area contributed by atoms with Crippen LogP contribution in [0.3, 0.4) is 0 Å². The maximum Gasteiger partial charge on any atom is 0.257 e. The van der Waals surface area contributed by atoms with Crippen LogP contribution in [0, 0.1) is 0 Å². The third-order valence-electron chi connectivity index (χ3n) is 2.71. The molecule has 0 spiro atoms. The van der Waals surface area contributed by atoms with Gasteiger partial charge in [0.25, 0.3) is 5.91 Å². The first kappa shape index (κ1) is 14.0. The second kappa shape index (κ2) is 5.71. The minimum Gasteiger partial charge on any atom is -0.506 e. The number of methoxy groups -OCH3 is 1. The summed E-state index contributed by atoms with van der Waals surface area (Å²) < 4.78 is 5.06. The van der Waals surface area contributed by atoms with E-state index in [1.165, 1.54) is 25.3 Å². The number of aromatic hydroxyl groups is 1. The smallest absolute Gasteiger partial charge is 0.257 e. The van der Waals surface area contributed by atoms with Crippen LogP contribution in [-0.2, 0) is 0 Å². The maximum absolute atomic E-state index is 12.1. The molecule has 0 aliphatic carbocycles. The number of nitrogen functional groups attached to an aromatic ring is 1. The number of halogens is 1. The number of anilines is 2. The molecule has 0 atom stereocenters. The molecule has 0 aromatic heterocycles. The highest BCUT2D eigenvalue weighted by molar-refractivity contribution is 6.32. The van der Waals surface area contributed by atoms with Crippen LogP contribution in [0.5, 0.6) is 11.5 Å². The molecule has 6 heteroatoms. The summed E-state index contributed by atoms with van der Waals surface area (Å²) in [4.78, 5) is 12.1. The van der Waals surface area contributed by atoms with Crippen LogP contribution in [0.4, 0.5) is 11.4 Å². The van der Waals surface area contributed by atoms with Crippen LogP contribution >= 0.6 is 11.6 Å². The Hall–Kier alpha value is -2.40. The summed E-state index contributed by atoms with van der Waals surface area (Å²) in [5.41, 5.74) is 6.87. The van der Waals surface area contributed by atoms with Gasteiger partial charge >= 0.3 is 0 Å². The summed E-state index contributed by atoms with van der Waals surface area (Å²) in [6, 6.07) is 9.20. The Morgan fingerprint density at radius 1 is 1.30 bits per heavy atom. The Balaban J connectivity index is 2.25. The summed E-state index contributed by atoms with van der Waals surface area (Å²) in [7, 11) is 1.51. The molecule has 4 N–H and O–H groups in total. The van der Waals surface area contributed by atoms with E-state index < -0.39 is 0 Å². The first-order chi connectivity index (χ1) is 9.51. The van der Waals surface area contributed by atoms with Gasteiger partial charge in [-0.05, 0) is 36.4 Å². The highest BCUT2D eigenvalue weighted by Gasteiger charge is 2.12. The Bertz CT molecular complexity index is 659. The van der Waals surface area contributed by atoms with Crippen LogP contribution in [0.2, 0.25) is 5.02 Å². The van der Waals surface area contributed by atoms with Crippen molar-refractivity contribution in [3.63, 3.8) is 0 Å². The third-order valence-corrected chi connectivity index (χ3v) is 3.01. The van der Waals surface area contributed by atoms with Gasteiger partial charge in [-0.3, -0.25) is 4.79 Å². The van der Waals surface area contributed by atoms with Crippen molar-refractivity contribution in [1.29, 1.82) is 0 Å². The minimum absolute atomic E-state index is 0.0504. The highest BCUT2D eigenvalue weighted by atomic mass is 35.5. The Kier molecular flexibility index (Phi) is 4.00. The molecule has 20 heavy (non-hydrogen) atoms. The van der Waals surface area contributed by atoms with E-state index in [0.29, 0.717) is 22.7 Å². The second-order valence-corrected chi connectivity index (χ2v) is 4.48. The molecule has 2 aromatic rings. The van der Waals surface area contributed by atoms with Gasteiger partial charge in [-0.1, -0.05) is 11.6 Å². The van der Waals surface area contributed by atoms with Crippen LogP contribution in [0.25, 0.3) is 0 Å². The summed E-state index contributed by atoms with van der Waals surface area (Å²) in [6.07, 6.45) is 0. The standard InChI is InChI=1S/C14H13ClN2O3/c1-20-9-3-4-12(16)10(7-9)14(19)17-8-2-5-13(18)11(15)6-8/h2-7,18H,16H2,1H3,(H,17,19). The monoisotopic (exact) mass is 292 g/mol. The zero-order chi connectivity index (χ0) is 14.7. The molecule has 0 radical (unpaired) electrons. The number of amides is 1. The molecule has 0 aliphatic rings. The highest BCUT2D eigenvalue weighted by Crippen LogP contribution is 2.27. The van der Waals surface area contributed by atoms with E-state index in [1.54, 1.807) is 18.2 Å². The molecule has 0 aliphatic heterocycles. The average molecular weight is 293 g/mol. The number of nitrogens with two attached hydrogens (primary N) is 1. The summed E-state index contributed by atoms with van der Waals surface area (Å²) in [5.74, 6) is 0.0989. The van der Waals surface area contributed by atoms with Crippen LogP contribution in [0.15, 0.2) is 36.4 Å². The second-order valence-electron chi connectivity index (χ2n) is 4.07. The van der Waals surface area contributed by atoms with Crippen LogP contribution in [0.1, 0.15) is 10.4 Å². The largest absolute Gasteiger partial charge is 0.506 e. The number of carbonyl (C=O) groups is 1. The lowest BCUT2D eigenvalue weighted by molar-refractivity contribution is 0.102. The number of hydrogen-bond donors (Lipinski definition) is 3. The molecule has 0 saturated heterocycles. The summed E-state index contributed by atoms with van der Waals surface area (Å²) >= 11 is 5.78. The number of ether oxygens (including phenoxy) is 1. The van der Waals surface area contributed by atoms with Gasteiger partial charge in [-0.2, -0.15) is 0 Å². The molecular weight excluding hydrogens is 280 g/mol. The Labute approximate surface area is 120 Å². The Morgan fingerprint density at radius 2 is 2.05 bits per heavy atom. The maximum atomic E-state index is 12.1. The van der Waals surface area contributed by atoms with Crippen molar-refractivity contribution >= 4 is 28.9 Å². The fraction of sp³-hybridized carbons (Fsp3) is 0.0714. The average Bonchev–Trinajstić information content (AvgIpc) is 2.43. The molecule has 0 heterocycles. The number of rotatable bonds is 3. The van der Waals surface area contributed by atoms with Gasteiger partial charge in [0, 0.05) is 11.4 Å². The molecule has 2 aromatic carbocycles. The predicted molar refractivity (Wildman–Crippen MR) is 78.5 cm³/mol. The number of carbonyl (C=O) groups excluding carboxylic acids is 1. The zero-order valence-corrected chi connectivity index (χ0v) is 11.4. The number of nitrogens with one attached hydrogen (secondary N) is 1. The number of phenolic OH excluding ortho intramolecular Hbond substituents is 1.